The van der Waals surface area contributed by atoms with Crippen LogP contribution in [0, 0.1) is 0 Å². The van der Waals surface area contributed by atoms with Gasteiger partial charge >= 0.3 is 0 Å². The summed E-state index contributed by atoms with van der Waals surface area (Å²) in [6.45, 7) is 0.511. The van der Waals surface area contributed by atoms with E-state index in [9.17, 15) is 0 Å². The van der Waals surface area contributed by atoms with E-state index in [0.29, 0.717) is 6.54 Å². The molecule has 0 radical (unpaired) electrons. The Labute approximate surface area is 105 Å². The van der Waals surface area contributed by atoms with Crippen molar-refractivity contribution in [1.29, 1.82) is 0 Å². The molecule has 2 aromatic rings. The quantitative estimate of drug-likeness (QED) is 0.901. The van der Waals surface area contributed by atoms with E-state index in [1.54, 1.807) is 25.1 Å². The zero-order valence-corrected chi connectivity index (χ0v) is 10.7. The second-order valence-electron chi connectivity index (χ2n) is 3.60. The van der Waals surface area contributed by atoms with E-state index in [4.69, 9.17) is 10.5 Å². The Hall–Kier alpha value is -1.46. The molecule has 0 bridgehead atoms. The van der Waals surface area contributed by atoms with Gasteiger partial charge in [0.1, 0.15) is 5.75 Å². The number of imidazole rings is 1. The smallest absolute Gasteiger partial charge is 0.172 e. The first-order chi connectivity index (χ1) is 8.24. The largest absolute Gasteiger partial charge is 0.497 e. The van der Waals surface area contributed by atoms with Crippen molar-refractivity contribution in [3.63, 3.8) is 0 Å². The van der Waals surface area contributed by atoms with Crippen molar-refractivity contribution in [2.24, 2.45) is 12.8 Å². The summed E-state index contributed by atoms with van der Waals surface area (Å²) >= 11 is 1.59. The maximum Gasteiger partial charge on any atom is 0.172 e. The number of aryl methyl sites for hydroxylation is 1. The van der Waals surface area contributed by atoms with Crippen LogP contribution in [0.3, 0.4) is 0 Å². The predicted molar refractivity (Wildman–Crippen MR) is 68.2 cm³/mol. The molecular weight excluding hydrogens is 234 g/mol. The molecule has 2 N–H and O–H groups in total. The van der Waals surface area contributed by atoms with Gasteiger partial charge in [0.2, 0.25) is 0 Å². The molecule has 0 aliphatic rings. The molecule has 1 aromatic carbocycles. The van der Waals surface area contributed by atoms with Gasteiger partial charge in [-0.15, -0.1) is 0 Å². The lowest BCUT2D eigenvalue weighted by atomic mass is 10.2. The summed E-state index contributed by atoms with van der Waals surface area (Å²) < 4.78 is 7.20. The molecule has 0 unspecified atom stereocenters. The summed E-state index contributed by atoms with van der Waals surface area (Å²) in [7, 11) is 3.63. The summed E-state index contributed by atoms with van der Waals surface area (Å²) in [6, 6.07) is 5.90. The number of aromatic nitrogens is 2. The number of hydrogen-bond donors (Lipinski definition) is 1. The lowest BCUT2D eigenvalue weighted by Gasteiger charge is -2.09. The number of benzene rings is 1. The maximum atomic E-state index is 5.73. The number of nitrogens with zero attached hydrogens (tertiary/aromatic N) is 2. The van der Waals surface area contributed by atoms with Crippen LogP contribution in [-0.4, -0.2) is 16.7 Å². The number of hydrogen-bond acceptors (Lipinski definition) is 4. The van der Waals surface area contributed by atoms with Crippen LogP contribution < -0.4 is 10.5 Å². The monoisotopic (exact) mass is 249 g/mol. The molecule has 2 rings (SSSR count). The van der Waals surface area contributed by atoms with Gasteiger partial charge in [0, 0.05) is 30.9 Å². The van der Waals surface area contributed by atoms with Crippen molar-refractivity contribution in [2.75, 3.05) is 7.11 Å². The minimum atomic E-state index is 0.511. The van der Waals surface area contributed by atoms with Crippen LogP contribution in [-0.2, 0) is 13.6 Å². The van der Waals surface area contributed by atoms with Gasteiger partial charge in [0.25, 0.3) is 0 Å². The minimum absolute atomic E-state index is 0.511. The van der Waals surface area contributed by atoms with E-state index >= 15 is 0 Å². The maximum absolute atomic E-state index is 5.73. The predicted octanol–water partition coefficient (Wildman–Crippen LogP) is 2.04. The standard InChI is InChI=1S/C12H15N3OS/c1-15-6-5-14-12(15)17-11-7-10(16-2)4-3-9(11)8-13/h3-7H,8,13H2,1-2H3. The first-order valence-corrected chi connectivity index (χ1v) is 6.08. The van der Waals surface area contributed by atoms with Crippen molar-refractivity contribution < 1.29 is 4.74 Å². The topological polar surface area (TPSA) is 53.1 Å². The number of nitrogens with two attached hydrogens (primary N) is 1. The zero-order valence-electron chi connectivity index (χ0n) is 9.88. The fraction of sp³-hybridized carbons (Fsp3) is 0.250. The number of methoxy groups -OCH3 is 1. The van der Waals surface area contributed by atoms with E-state index in [0.717, 1.165) is 21.4 Å². The van der Waals surface area contributed by atoms with Gasteiger partial charge in [-0.25, -0.2) is 4.98 Å². The van der Waals surface area contributed by atoms with E-state index in [-0.39, 0.29) is 0 Å². The first-order valence-electron chi connectivity index (χ1n) is 5.26. The molecule has 4 nitrogen and oxygen atoms in total. The van der Waals surface area contributed by atoms with Crippen molar-refractivity contribution in [3.05, 3.63) is 36.2 Å². The second-order valence-corrected chi connectivity index (χ2v) is 4.61. The van der Waals surface area contributed by atoms with Crippen molar-refractivity contribution >= 4 is 11.8 Å². The highest BCUT2D eigenvalue weighted by Crippen LogP contribution is 2.31. The van der Waals surface area contributed by atoms with Crippen LogP contribution in [0.4, 0.5) is 0 Å². The summed E-state index contributed by atoms with van der Waals surface area (Å²) in [5, 5.41) is 0.938. The third-order valence-electron chi connectivity index (χ3n) is 2.47. The zero-order chi connectivity index (χ0) is 12.3. The molecule has 0 aliphatic carbocycles. The van der Waals surface area contributed by atoms with Crippen LogP contribution in [0.1, 0.15) is 5.56 Å². The van der Waals surface area contributed by atoms with Gasteiger partial charge in [0.05, 0.1) is 7.11 Å². The molecule has 17 heavy (non-hydrogen) atoms. The number of rotatable bonds is 4. The summed E-state index contributed by atoms with van der Waals surface area (Å²) in [5.74, 6) is 0.832. The Morgan fingerprint density at radius 1 is 1.47 bits per heavy atom. The van der Waals surface area contributed by atoms with Crippen molar-refractivity contribution in [2.45, 2.75) is 16.6 Å². The Kier molecular flexibility index (Phi) is 3.71. The molecule has 0 aliphatic heterocycles. The average molecular weight is 249 g/mol. The van der Waals surface area contributed by atoms with Crippen LogP contribution in [0.5, 0.6) is 5.75 Å². The molecule has 0 fully saturated rings. The van der Waals surface area contributed by atoms with Gasteiger partial charge in [-0.05, 0) is 17.7 Å². The SMILES string of the molecule is COc1ccc(CN)c(Sc2nccn2C)c1. The van der Waals surface area contributed by atoms with Gasteiger partial charge in [0.15, 0.2) is 5.16 Å². The lowest BCUT2D eigenvalue weighted by molar-refractivity contribution is 0.413. The second kappa shape index (κ2) is 5.25. The van der Waals surface area contributed by atoms with E-state index in [1.807, 2.05) is 36.0 Å². The molecule has 1 aromatic heterocycles. The molecule has 0 amide bonds. The highest BCUT2D eigenvalue weighted by molar-refractivity contribution is 7.99. The van der Waals surface area contributed by atoms with Crippen LogP contribution in [0.2, 0.25) is 0 Å². The molecule has 0 atom stereocenters. The Morgan fingerprint density at radius 2 is 2.29 bits per heavy atom. The van der Waals surface area contributed by atoms with Crippen LogP contribution in [0.25, 0.3) is 0 Å². The van der Waals surface area contributed by atoms with Crippen molar-refractivity contribution in [1.82, 2.24) is 9.55 Å². The highest BCUT2D eigenvalue weighted by atomic mass is 32.2. The van der Waals surface area contributed by atoms with Crippen LogP contribution >= 0.6 is 11.8 Å². The normalized spacial score (nSPS) is 10.5. The van der Waals surface area contributed by atoms with Gasteiger partial charge in [-0.1, -0.05) is 17.8 Å². The Bertz CT molecular complexity index is 510. The Balaban J connectivity index is 2.33. The van der Waals surface area contributed by atoms with Crippen LogP contribution in [0.15, 0.2) is 40.6 Å². The molecule has 1 heterocycles. The van der Waals surface area contributed by atoms with E-state index < -0.39 is 0 Å². The first kappa shape index (κ1) is 12.0. The lowest BCUT2D eigenvalue weighted by Crippen LogP contribution is -1.99. The van der Waals surface area contributed by atoms with Gasteiger partial charge < -0.3 is 15.0 Å². The highest BCUT2D eigenvalue weighted by Gasteiger charge is 2.08. The van der Waals surface area contributed by atoms with E-state index in [2.05, 4.69) is 4.98 Å². The van der Waals surface area contributed by atoms with Crippen molar-refractivity contribution in [3.8, 4) is 5.75 Å². The summed E-state index contributed by atoms with van der Waals surface area (Å²) in [5.41, 5.74) is 6.82. The third-order valence-corrected chi connectivity index (χ3v) is 3.65. The van der Waals surface area contributed by atoms with E-state index in [1.165, 1.54) is 0 Å². The molecule has 0 saturated heterocycles. The molecule has 0 spiro atoms. The average Bonchev–Trinajstić information content (AvgIpc) is 2.75. The summed E-state index contributed by atoms with van der Waals surface area (Å²) in [4.78, 5) is 5.37. The fourth-order valence-electron chi connectivity index (χ4n) is 1.47. The Morgan fingerprint density at radius 3 is 2.88 bits per heavy atom. The molecule has 0 saturated carbocycles. The number of ether oxygens (including phenoxy) is 1. The minimum Gasteiger partial charge on any atom is -0.497 e. The van der Waals surface area contributed by atoms with Gasteiger partial charge in [-0.3, -0.25) is 0 Å². The third kappa shape index (κ3) is 2.62. The summed E-state index contributed by atoms with van der Waals surface area (Å²) in [6.07, 6.45) is 3.70. The molecule has 5 heteroatoms. The van der Waals surface area contributed by atoms with Gasteiger partial charge in [-0.2, -0.15) is 0 Å². The molecule has 90 valence electrons. The fourth-order valence-corrected chi connectivity index (χ4v) is 2.45. The molecular formula is C12H15N3OS.